The summed E-state index contributed by atoms with van der Waals surface area (Å²) in [6.45, 7) is 8.16. The number of aromatic nitrogens is 3. The quantitative estimate of drug-likeness (QED) is 0.592. The molecule has 2 saturated heterocycles. The summed E-state index contributed by atoms with van der Waals surface area (Å²) in [7, 11) is 0. The lowest BCUT2D eigenvalue weighted by molar-refractivity contribution is -0.0660. The molecule has 10 heteroatoms. The molecule has 1 aromatic carbocycles. The Hall–Kier alpha value is -2.39. The van der Waals surface area contributed by atoms with Gasteiger partial charge in [-0.05, 0) is 13.0 Å². The summed E-state index contributed by atoms with van der Waals surface area (Å²) in [4.78, 5) is 32.3. The Bertz CT molecular complexity index is 1230. The van der Waals surface area contributed by atoms with Gasteiger partial charge in [0.1, 0.15) is 0 Å². The highest BCUT2D eigenvalue weighted by Gasteiger charge is 2.33. The van der Waals surface area contributed by atoms with Crippen LogP contribution in [0.1, 0.15) is 34.8 Å². The molecule has 34 heavy (non-hydrogen) atoms. The average Bonchev–Trinajstić information content (AvgIpc) is 3.21. The first-order valence-corrected chi connectivity index (χ1v) is 12.4. The summed E-state index contributed by atoms with van der Waals surface area (Å²) in [5, 5.41) is 2.03. The number of piperazine rings is 1. The molecule has 5 heterocycles. The zero-order chi connectivity index (χ0) is 23.4. The Balaban J connectivity index is 1.18. The van der Waals surface area contributed by atoms with E-state index in [1.165, 1.54) is 0 Å². The fourth-order valence-corrected chi connectivity index (χ4v) is 5.68. The number of rotatable bonds is 3. The van der Waals surface area contributed by atoms with Gasteiger partial charge in [0.05, 0.1) is 58.9 Å². The van der Waals surface area contributed by atoms with E-state index in [-0.39, 0.29) is 17.8 Å². The third-order valence-corrected chi connectivity index (χ3v) is 8.18. The third-order valence-electron chi connectivity index (χ3n) is 7.38. The minimum absolute atomic E-state index is 0.130. The second-order valence-corrected chi connectivity index (χ2v) is 9.99. The molecule has 1 atom stereocenters. The van der Waals surface area contributed by atoms with E-state index in [0.717, 1.165) is 67.2 Å². The van der Waals surface area contributed by atoms with Gasteiger partial charge in [0.25, 0.3) is 5.91 Å². The van der Waals surface area contributed by atoms with Gasteiger partial charge in [-0.1, -0.05) is 29.3 Å². The molecule has 0 radical (unpaired) electrons. The van der Waals surface area contributed by atoms with Crippen molar-refractivity contribution in [2.75, 3.05) is 50.8 Å². The molecule has 1 N–H and O–H groups in total. The number of fused-ring (bicyclic) bond motifs is 3. The highest BCUT2D eigenvalue weighted by Crippen LogP contribution is 2.40. The van der Waals surface area contributed by atoms with E-state index < -0.39 is 0 Å². The van der Waals surface area contributed by atoms with E-state index in [0.29, 0.717) is 29.1 Å². The minimum Gasteiger partial charge on any atom is -0.378 e. The van der Waals surface area contributed by atoms with Crippen LogP contribution in [0.25, 0.3) is 10.9 Å². The molecule has 3 aliphatic heterocycles. The van der Waals surface area contributed by atoms with Crippen LogP contribution in [0.3, 0.4) is 0 Å². The number of aromatic amines is 1. The van der Waals surface area contributed by atoms with E-state index in [4.69, 9.17) is 27.9 Å². The fourth-order valence-electron chi connectivity index (χ4n) is 5.31. The van der Waals surface area contributed by atoms with Crippen LogP contribution in [-0.4, -0.2) is 82.6 Å². The van der Waals surface area contributed by atoms with Gasteiger partial charge < -0.3 is 19.5 Å². The Morgan fingerprint density at radius 2 is 1.82 bits per heavy atom. The van der Waals surface area contributed by atoms with Crippen LogP contribution >= 0.6 is 23.2 Å². The molecule has 0 aliphatic carbocycles. The van der Waals surface area contributed by atoms with Crippen molar-refractivity contribution in [2.45, 2.75) is 25.4 Å². The van der Waals surface area contributed by atoms with Gasteiger partial charge in [-0.15, -0.1) is 0 Å². The van der Waals surface area contributed by atoms with E-state index in [2.05, 4.69) is 24.8 Å². The van der Waals surface area contributed by atoms with Gasteiger partial charge in [0, 0.05) is 55.8 Å². The summed E-state index contributed by atoms with van der Waals surface area (Å²) in [6.07, 6.45) is 4.26. The molecule has 8 nitrogen and oxygen atoms in total. The Morgan fingerprint density at radius 1 is 1.09 bits per heavy atom. The van der Waals surface area contributed by atoms with Crippen molar-refractivity contribution in [3.63, 3.8) is 0 Å². The van der Waals surface area contributed by atoms with Gasteiger partial charge in [0.15, 0.2) is 0 Å². The van der Waals surface area contributed by atoms with Gasteiger partial charge in [-0.3, -0.25) is 9.69 Å². The molecular formula is C24H26Cl2N6O2. The zero-order valence-electron chi connectivity index (χ0n) is 18.9. The molecule has 178 valence electrons. The summed E-state index contributed by atoms with van der Waals surface area (Å²) >= 11 is 12.6. The molecule has 6 rings (SSSR count). The number of benzene rings is 1. The smallest absolute Gasteiger partial charge is 0.292 e. The van der Waals surface area contributed by atoms with Crippen molar-refractivity contribution in [1.29, 1.82) is 0 Å². The number of nitrogens with zero attached hydrogens (tertiary/aromatic N) is 5. The molecule has 0 spiro atoms. The van der Waals surface area contributed by atoms with Gasteiger partial charge in [0.2, 0.25) is 5.82 Å². The van der Waals surface area contributed by atoms with Gasteiger partial charge >= 0.3 is 0 Å². The van der Waals surface area contributed by atoms with E-state index in [1.807, 2.05) is 17.9 Å². The standard InChI is InChI=1S/C24H26Cl2N6O2/c1-14-20-17-2-3-18(25)21(26)22(17)29-19(20)4-5-32(14)24(33)23-27-10-15(11-28-23)30-6-8-31(9-7-30)16-12-34-13-16/h2-3,10-11,14,16,29H,4-9,12-13H2,1H3. The molecule has 3 aromatic rings. The molecule has 0 bridgehead atoms. The van der Waals surface area contributed by atoms with Crippen LogP contribution in [-0.2, 0) is 11.2 Å². The SMILES string of the molecule is CC1c2c([nH]c3c(Cl)c(Cl)ccc23)CCN1C(=O)c1ncc(N2CCN(C3COC3)CC2)cn1. The number of hydrogen-bond acceptors (Lipinski definition) is 6. The number of anilines is 1. The largest absolute Gasteiger partial charge is 0.378 e. The maximum atomic E-state index is 13.4. The predicted molar refractivity (Wildman–Crippen MR) is 132 cm³/mol. The number of H-pyrrole nitrogens is 1. The van der Waals surface area contributed by atoms with Crippen molar-refractivity contribution in [3.8, 4) is 0 Å². The fraction of sp³-hybridized carbons (Fsp3) is 0.458. The average molecular weight is 501 g/mol. The first-order chi connectivity index (χ1) is 16.5. The van der Waals surface area contributed by atoms with E-state index in [1.54, 1.807) is 18.5 Å². The van der Waals surface area contributed by atoms with Crippen molar-refractivity contribution >= 4 is 45.7 Å². The lowest BCUT2D eigenvalue weighted by atomic mass is 9.97. The molecule has 3 aliphatic rings. The summed E-state index contributed by atoms with van der Waals surface area (Å²) < 4.78 is 5.31. The van der Waals surface area contributed by atoms with Gasteiger partial charge in [-0.2, -0.15) is 0 Å². The molecule has 2 fully saturated rings. The van der Waals surface area contributed by atoms with E-state index >= 15 is 0 Å². The van der Waals surface area contributed by atoms with Crippen LogP contribution in [0, 0.1) is 0 Å². The van der Waals surface area contributed by atoms with Crippen molar-refractivity contribution in [3.05, 3.63) is 51.7 Å². The normalized spacial score (nSPS) is 21.6. The molecule has 0 saturated carbocycles. The lowest BCUT2D eigenvalue weighted by Crippen LogP contribution is -2.56. The van der Waals surface area contributed by atoms with Gasteiger partial charge in [-0.25, -0.2) is 9.97 Å². The maximum Gasteiger partial charge on any atom is 0.292 e. The number of carbonyl (C=O) groups excluding carboxylic acids is 1. The van der Waals surface area contributed by atoms with Crippen LogP contribution in [0.2, 0.25) is 10.0 Å². The summed E-state index contributed by atoms with van der Waals surface area (Å²) in [5.74, 6) is 0.0686. The van der Waals surface area contributed by atoms with Crippen molar-refractivity contribution in [2.24, 2.45) is 0 Å². The number of amides is 1. The molecular weight excluding hydrogens is 475 g/mol. The highest BCUT2D eigenvalue weighted by atomic mass is 35.5. The third kappa shape index (κ3) is 3.64. The second-order valence-electron chi connectivity index (χ2n) is 9.20. The molecule has 2 aromatic heterocycles. The number of nitrogens with one attached hydrogen (secondary N) is 1. The zero-order valence-corrected chi connectivity index (χ0v) is 20.4. The van der Waals surface area contributed by atoms with Crippen molar-refractivity contribution < 1.29 is 9.53 Å². The Kier molecular flexibility index (Phi) is 5.64. The highest BCUT2D eigenvalue weighted by molar-refractivity contribution is 6.45. The minimum atomic E-state index is -0.158. The monoisotopic (exact) mass is 500 g/mol. The number of hydrogen-bond donors (Lipinski definition) is 1. The number of halogens is 2. The topological polar surface area (TPSA) is 77.6 Å². The first kappa shape index (κ1) is 22.1. The molecule has 1 amide bonds. The second kappa shape index (κ2) is 8.68. The van der Waals surface area contributed by atoms with Crippen LogP contribution < -0.4 is 4.90 Å². The van der Waals surface area contributed by atoms with Crippen molar-refractivity contribution in [1.82, 2.24) is 24.8 Å². The maximum absolute atomic E-state index is 13.4. The Morgan fingerprint density at radius 3 is 2.50 bits per heavy atom. The first-order valence-electron chi connectivity index (χ1n) is 11.7. The molecule has 1 unspecified atom stereocenters. The van der Waals surface area contributed by atoms with E-state index in [9.17, 15) is 4.79 Å². The van der Waals surface area contributed by atoms with Crippen LogP contribution in [0.5, 0.6) is 0 Å². The van der Waals surface area contributed by atoms with Crippen LogP contribution in [0.4, 0.5) is 5.69 Å². The predicted octanol–water partition coefficient (Wildman–Crippen LogP) is 3.55. The summed E-state index contributed by atoms with van der Waals surface area (Å²) in [5.41, 5.74) is 3.96. The summed E-state index contributed by atoms with van der Waals surface area (Å²) in [6, 6.07) is 4.20. The number of ether oxygens (including phenoxy) is 1. The lowest BCUT2D eigenvalue weighted by Gasteiger charge is -2.43. The Labute approximate surface area is 207 Å². The number of carbonyl (C=O) groups is 1. The van der Waals surface area contributed by atoms with Crippen LogP contribution in [0.15, 0.2) is 24.5 Å².